The van der Waals surface area contributed by atoms with Crippen LogP contribution in [-0.4, -0.2) is 20.8 Å². The van der Waals surface area contributed by atoms with Gasteiger partial charge < -0.3 is 4.74 Å². The lowest BCUT2D eigenvalue weighted by Gasteiger charge is -2.09. The molecule has 0 heterocycles. The Hall–Kier alpha value is -0.450. The standard InChI is InChI=1S/C12H16Cl2O3S/c1-9-7-11(8-10(2)12(9)13)17-5-3-4-6-18(14,15)16/h7-8H,3-6H2,1-2H3. The van der Waals surface area contributed by atoms with E-state index < -0.39 is 9.05 Å². The third-order valence-corrected chi connectivity index (χ3v) is 4.30. The Kier molecular flexibility index (Phi) is 5.76. The van der Waals surface area contributed by atoms with Gasteiger partial charge in [0.05, 0.1) is 12.4 Å². The Morgan fingerprint density at radius 3 is 2.22 bits per heavy atom. The second-order valence-electron chi connectivity index (χ2n) is 4.17. The fraction of sp³-hybridized carbons (Fsp3) is 0.500. The van der Waals surface area contributed by atoms with Crippen molar-refractivity contribution >= 4 is 31.3 Å². The van der Waals surface area contributed by atoms with Gasteiger partial charge in [0.2, 0.25) is 9.05 Å². The zero-order valence-electron chi connectivity index (χ0n) is 10.4. The number of benzene rings is 1. The predicted octanol–water partition coefficient (Wildman–Crippen LogP) is 3.68. The van der Waals surface area contributed by atoms with Crippen LogP contribution in [0.25, 0.3) is 0 Å². The summed E-state index contributed by atoms with van der Waals surface area (Å²) in [6.45, 7) is 4.30. The van der Waals surface area contributed by atoms with E-state index in [0.717, 1.165) is 21.9 Å². The Bertz CT molecular complexity index is 489. The van der Waals surface area contributed by atoms with Crippen molar-refractivity contribution in [1.82, 2.24) is 0 Å². The molecular formula is C12H16Cl2O3S. The van der Waals surface area contributed by atoms with Crippen molar-refractivity contribution in [3.63, 3.8) is 0 Å². The summed E-state index contributed by atoms with van der Waals surface area (Å²) in [4.78, 5) is 0. The molecule has 0 fully saturated rings. The van der Waals surface area contributed by atoms with Crippen molar-refractivity contribution in [2.45, 2.75) is 26.7 Å². The van der Waals surface area contributed by atoms with E-state index in [4.69, 9.17) is 27.0 Å². The van der Waals surface area contributed by atoms with E-state index in [1.54, 1.807) is 0 Å². The number of aryl methyl sites for hydroxylation is 2. The first-order valence-corrected chi connectivity index (χ1v) is 8.47. The molecule has 0 atom stereocenters. The second kappa shape index (κ2) is 6.64. The Morgan fingerprint density at radius 1 is 1.17 bits per heavy atom. The maximum atomic E-state index is 10.7. The summed E-state index contributed by atoms with van der Waals surface area (Å²) < 4.78 is 26.9. The molecule has 6 heteroatoms. The normalized spacial score (nSPS) is 11.6. The lowest BCUT2D eigenvalue weighted by atomic mass is 10.1. The third-order valence-electron chi connectivity index (χ3n) is 2.46. The van der Waals surface area contributed by atoms with Gasteiger partial charge in [-0.1, -0.05) is 11.6 Å². The van der Waals surface area contributed by atoms with Crippen molar-refractivity contribution in [2.75, 3.05) is 12.4 Å². The largest absolute Gasteiger partial charge is 0.494 e. The smallest absolute Gasteiger partial charge is 0.232 e. The molecule has 1 aromatic rings. The molecule has 1 rings (SSSR count). The molecule has 3 nitrogen and oxygen atoms in total. The van der Waals surface area contributed by atoms with E-state index in [1.807, 2.05) is 26.0 Å². The summed E-state index contributed by atoms with van der Waals surface area (Å²) in [5.74, 6) is 0.736. The van der Waals surface area contributed by atoms with E-state index in [9.17, 15) is 8.42 Å². The minimum Gasteiger partial charge on any atom is -0.494 e. The van der Waals surface area contributed by atoms with Gasteiger partial charge in [-0.05, 0) is 49.9 Å². The van der Waals surface area contributed by atoms with Crippen LogP contribution in [0.2, 0.25) is 5.02 Å². The number of halogens is 2. The maximum Gasteiger partial charge on any atom is 0.232 e. The molecule has 0 amide bonds. The van der Waals surface area contributed by atoms with Gasteiger partial charge in [0.15, 0.2) is 0 Å². The van der Waals surface area contributed by atoms with Gasteiger partial charge >= 0.3 is 0 Å². The summed E-state index contributed by atoms with van der Waals surface area (Å²) in [7, 11) is 1.72. The van der Waals surface area contributed by atoms with E-state index in [1.165, 1.54) is 0 Å². The first kappa shape index (κ1) is 15.6. The van der Waals surface area contributed by atoms with Crippen molar-refractivity contribution in [3.8, 4) is 5.75 Å². The first-order valence-electron chi connectivity index (χ1n) is 5.61. The number of hydrogen-bond acceptors (Lipinski definition) is 3. The monoisotopic (exact) mass is 310 g/mol. The number of ether oxygens (including phenoxy) is 1. The molecule has 0 radical (unpaired) electrons. The Balaban J connectivity index is 2.41. The highest BCUT2D eigenvalue weighted by Gasteiger charge is 2.05. The van der Waals surface area contributed by atoms with Crippen LogP contribution in [0.15, 0.2) is 12.1 Å². The predicted molar refractivity (Wildman–Crippen MR) is 75.3 cm³/mol. The highest BCUT2D eigenvalue weighted by Crippen LogP contribution is 2.25. The Morgan fingerprint density at radius 2 is 1.72 bits per heavy atom. The molecule has 0 saturated carbocycles. The molecule has 1 aromatic carbocycles. The average Bonchev–Trinajstić information content (AvgIpc) is 2.23. The fourth-order valence-electron chi connectivity index (χ4n) is 1.56. The van der Waals surface area contributed by atoms with E-state index in [2.05, 4.69) is 0 Å². The van der Waals surface area contributed by atoms with Crippen molar-refractivity contribution in [1.29, 1.82) is 0 Å². The minimum absolute atomic E-state index is 0.0173. The maximum absolute atomic E-state index is 10.7. The van der Waals surface area contributed by atoms with Gasteiger partial charge in [0.1, 0.15) is 5.75 Å². The molecule has 18 heavy (non-hydrogen) atoms. The molecule has 0 aliphatic heterocycles. The second-order valence-corrected chi connectivity index (χ2v) is 7.44. The molecule has 0 aliphatic rings. The topological polar surface area (TPSA) is 43.4 Å². The highest BCUT2D eigenvalue weighted by molar-refractivity contribution is 8.13. The average molecular weight is 311 g/mol. The van der Waals surface area contributed by atoms with Crippen LogP contribution >= 0.6 is 22.3 Å². The fourth-order valence-corrected chi connectivity index (χ4v) is 2.54. The van der Waals surface area contributed by atoms with Crippen LogP contribution < -0.4 is 4.74 Å². The molecular weight excluding hydrogens is 295 g/mol. The molecule has 0 aromatic heterocycles. The molecule has 0 N–H and O–H groups in total. The van der Waals surface area contributed by atoms with Crippen molar-refractivity contribution in [2.24, 2.45) is 0 Å². The number of hydrogen-bond donors (Lipinski definition) is 0. The van der Waals surface area contributed by atoms with Gasteiger partial charge in [-0.25, -0.2) is 8.42 Å². The summed E-state index contributed by atoms with van der Waals surface area (Å²) >= 11 is 6.05. The van der Waals surface area contributed by atoms with Gasteiger partial charge in [-0.3, -0.25) is 0 Å². The molecule has 0 spiro atoms. The Labute approximate surface area is 117 Å². The summed E-state index contributed by atoms with van der Waals surface area (Å²) in [5.41, 5.74) is 1.94. The third kappa shape index (κ3) is 5.46. The summed E-state index contributed by atoms with van der Waals surface area (Å²) in [6, 6.07) is 3.74. The van der Waals surface area contributed by atoms with Crippen molar-refractivity contribution in [3.05, 3.63) is 28.3 Å². The van der Waals surface area contributed by atoms with Crippen LogP contribution in [-0.2, 0) is 9.05 Å². The van der Waals surface area contributed by atoms with Gasteiger partial charge in [0, 0.05) is 15.7 Å². The van der Waals surface area contributed by atoms with E-state index in [0.29, 0.717) is 19.4 Å². The molecule has 0 unspecified atom stereocenters. The van der Waals surface area contributed by atoms with Crippen LogP contribution in [0.3, 0.4) is 0 Å². The zero-order valence-corrected chi connectivity index (χ0v) is 12.7. The van der Waals surface area contributed by atoms with Crippen LogP contribution in [0.5, 0.6) is 5.75 Å². The quantitative estimate of drug-likeness (QED) is 0.594. The molecule has 0 saturated heterocycles. The van der Waals surface area contributed by atoms with Gasteiger partial charge in [0.25, 0.3) is 0 Å². The van der Waals surface area contributed by atoms with E-state index >= 15 is 0 Å². The SMILES string of the molecule is Cc1cc(OCCCCS(=O)(=O)Cl)cc(C)c1Cl. The lowest BCUT2D eigenvalue weighted by molar-refractivity contribution is 0.309. The van der Waals surface area contributed by atoms with Crippen molar-refractivity contribution < 1.29 is 13.2 Å². The molecule has 102 valence electrons. The highest BCUT2D eigenvalue weighted by atomic mass is 35.7. The van der Waals surface area contributed by atoms with Gasteiger partial charge in [-0.2, -0.15) is 0 Å². The lowest BCUT2D eigenvalue weighted by Crippen LogP contribution is -2.02. The van der Waals surface area contributed by atoms with Crippen LogP contribution in [0, 0.1) is 13.8 Å². The zero-order chi connectivity index (χ0) is 13.8. The minimum atomic E-state index is -3.39. The first-order chi connectivity index (χ1) is 8.29. The molecule has 0 aliphatic carbocycles. The van der Waals surface area contributed by atoms with Crippen LogP contribution in [0.1, 0.15) is 24.0 Å². The number of rotatable bonds is 6. The molecule has 0 bridgehead atoms. The summed E-state index contributed by atoms with van der Waals surface area (Å²) in [5, 5.41) is 0.746. The van der Waals surface area contributed by atoms with E-state index in [-0.39, 0.29) is 5.75 Å². The number of unbranched alkanes of at least 4 members (excludes halogenated alkanes) is 1. The van der Waals surface area contributed by atoms with Gasteiger partial charge in [-0.15, -0.1) is 0 Å². The summed E-state index contributed by atoms with van der Waals surface area (Å²) in [6.07, 6.45) is 1.14. The van der Waals surface area contributed by atoms with Crippen LogP contribution in [0.4, 0.5) is 0 Å².